The summed E-state index contributed by atoms with van der Waals surface area (Å²) in [6.45, 7) is 2.86. The zero-order valence-electron chi connectivity index (χ0n) is 8.36. The zero-order chi connectivity index (χ0) is 10.1. The SMILES string of the molecule is CCCn1ccc(C2CC2)c1C(=O)O. The maximum atomic E-state index is 11.1. The fourth-order valence-electron chi connectivity index (χ4n) is 1.89. The standard InChI is InChI=1S/C11H15NO2/c1-2-6-12-7-5-9(8-3-4-8)10(12)11(13)14/h5,7-8H,2-4,6H2,1H3,(H,13,14). The van der Waals surface area contributed by atoms with Crippen molar-refractivity contribution in [1.29, 1.82) is 0 Å². The van der Waals surface area contributed by atoms with Gasteiger partial charge in [-0.25, -0.2) is 4.79 Å². The first-order valence-corrected chi connectivity index (χ1v) is 5.16. The van der Waals surface area contributed by atoms with Crippen molar-refractivity contribution >= 4 is 5.97 Å². The van der Waals surface area contributed by atoms with E-state index in [2.05, 4.69) is 6.92 Å². The van der Waals surface area contributed by atoms with Gasteiger partial charge in [-0.2, -0.15) is 0 Å². The molecule has 1 aromatic heterocycles. The Balaban J connectivity index is 2.35. The van der Waals surface area contributed by atoms with Crippen LogP contribution in [0.3, 0.4) is 0 Å². The summed E-state index contributed by atoms with van der Waals surface area (Å²) in [6.07, 6.45) is 5.17. The molecule has 76 valence electrons. The highest BCUT2D eigenvalue weighted by molar-refractivity contribution is 5.88. The van der Waals surface area contributed by atoms with Gasteiger partial charge in [-0.1, -0.05) is 6.92 Å². The lowest BCUT2D eigenvalue weighted by atomic mass is 10.1. The topological polar surface area (TPSA) is 42.2 Å². The molecule has 0 aromatic carbocycles. The van der Waals surface area contributed by atoms with E-state index in [4.69, 9.17) is 5.11 Å². The smallest absolute Gasteiger partial charge is 0.352 e. The molecule has 0 saturated heterocycles. The summed E-state index contributed by atoms with van der Waals surface area (Å²) in [5, 5.41) is 9.12. The minimum atomic E-state index is -0.787. The molecule has 0 spiro atoms. The van der Waals surface area contributed by atoms with Crippen molar-refractivity contribution in [3.05, 3.63) is 23.5 Å². The van der Waals surface area contributed by atoms with E-state index >= 15 is 0 Å². The van der Waals surface area contributed by atoms with E-state index in [0.717, 1.165) is 31.4 Å². The first-order chi connectivity index (χ1) is 6.74. The van der Waals surface area contributed by atoms with Crippen LogP contribution in [0, 0.1) is 0 Å². The number of carbonyl (C=O) groups is 1. The van der Waals surface area contributed by atoms with Crippen LogP contribution in [0.2, 0.25) is 0 Å². The van der Waals surface area contributed by atoms with Gasteiger partial charge < -0.3 is 9.67 Å². The summed E-state index contributed by atoms with van der Waals surface area (Å²) in [5.74, 6) is -0.274. The molecular formula is C11H15NO2. The van der Waals surface area contributed by atoms with Crippen LogP contribution in [0.4, 0.5) is 0 Å². The summed E-state index contributed by atoms with van der Waals surface area (Å²) in [7, 11) is 0. The third kappa shape index (κ3) is 1.54. The zero-order valence-corrected chi connectivity index (χ0v) is 8.36. The Morgan fingerprint density at radius 3 is 2.86 bits per heavy atom. The normalized spacial score (nSPS) is 15.8. The Morgan fingerprint density at radius 2 is 2.36 bits per heavy atom. The quantitative estimate of drug-likeness (QED) is 0.798. The number of carboxylic acids is 1. The van der Waals surface area contributed by atoms with Crippen LogP contribution in [0.25, 0.3) is 0 Å². The van der Waals surface area contributed by atoms with E-state index in [-0.39, 0.29) is 0 Å². The Labute approximate surface area is 83.4 Å². The highest BCUT2D eigenvalue weighted by atomic mass is 16.4. The molecule has 1 fully saturated rings. The van der Waals surface area contributed by atoms with Crippen LogP contribution < -0.4 is 0 Å². The second-order valence-corrected chi connectivity index (χ2v) is 3.89. The number of rotatable bonds is 4. The highest BCUT2D eigenvalue weighted by Crippen LogP contribution is 2.42. The molecule has 0 aliphatic heterocycles. The molecule has 0 radical (unpaired) electrons. The van der Waals surface area contributed by atoms with E-state index < -0.39 is 5.97 Å². The molecule has 1 aliphatic rings. The molecule has 1 heterocycles. The minimum Gasteiger partial charge on any atom is -0.477 e. The third-order valence-electron chi connectivity index (χ3n) is 2.68. The van der Waals surface area contributed by atoms with Gasteiger partial charge in [-0.05, 0) is 36.8 Å². The van der Waals surface area contributed by atoms with Gasteiger partial charge in [0, 0.05) is 12.7 Å². The largest absolute Gasteiger partial charge is 0.477 e. The average Bonchev–Trinajstić information content (AvgIpc) is 2.88. The van der Waals surface area contributed by atoms with Gasteiger partial charge in [0.2, 0.25) is 0 Å². The molecule has 3 heteroatoms. The lowest BCUT2D eigenvalue weighted by Gasteiger charge is -2.05. The minimum absolute atomic E-state index is 0.509. The van der Waals surface area contributed by atoms with Crippen LogP contribution in [0.1, 0.15) is 48.2 Å². The predicted octanol–water partition coefficient (Wildman–Crippen LogP) is 2.47. The highest BCUT2D eigenvalue weighted by Gasteiger charge is 2.30. The summed E-state index contributed by atoms with van der Waals surface area (Å²) in [4.78, 5) is 11.1. The summed E-state index contributed by atoms with van der Waals surface area (Å²) in [5.41, 5.74) is 1.54. The van der Waals surface area contributed by atoms with E-state index in [1.807, 2.05) is 16.8 Å². The van der Waals surface area contributed by atoms with Crippen LogP contribution >= 0.6 is 0 Å². The number of hydrogen-bond acceptors (Lipinski definition) is 1. The number of aromatic carboxylic acids is 1. The van der Waals surface area contributed by atoms with Gasteiger partial charge >= 0.3 is 5.97 Å². The molecule has 14 heavy (non-hydrogen) atoms. The molecule has 1 aliphatic carbocycles. The maximum absolute atomic E-state index is 11.1. The second kappa shape index (κ2) is 3.48. The van der Waals surface area contributed by atoms with Gasteiger partial charge in [0.1, 0.15) is 5.69 Å². The molecule has 0 unspecified atom stereocenters. The average molecular weight is 193 g/mol. The van der Waals surface area contributed by atoms with E-state index in [1.165, 1.54) is 0 Å². The molecular weight excluding hydrogens is 178 g/mol. The Morgan fingerprint density at radius 1 is 1.64 bits per heavy atom. The van der Waals surface area contributed by atoms with Gasteiger partial charge in [0.15, 0.2) is 0 Å². The number of aryl methyl sites for hydroxylation is 1. The lowest BCUT2D eigenvalue weighted by molar-refractivity contribution is 0.0683. The fraction of sp³-hybridized carbons (Fsp3) is 0.545. The van der Waals surface area contributed by atoms with Gasteiger partial charge in [-0.15, -0.1) is 0 Å². The molecule has 1 saturated carbocycles. The number of hydrogen-bond donors (Lipinski definition) is 1. The van der Waals surface area contributed by atoms with Crippen molar-refractivity contribution < 1.29 is 9.90 Å². The van der Waals surface area contributed by atoms with Crippen LogP contribution in [0.5, 0.6) is 0 Å². The molecule has 3 nitrogen and oxygen atoms in total. The van der Waals surface area contributed by atoms with Crippen molar-refractivity contribution in [1.82, 2.24) is 4.57 Å². The van der Waals surface area contributed by atoms with Crippen molar-refractivity contribution in [3.63, 3.8) is 0 Å². The first kappa shape index (κ1) is 9.31. The molecule has 1 N–H and O–H groups in total. The first-order valence-electron chi connectivity index (χ1n) is 5.16. The van der Waals surface area contributed by atoms with Crippen molar-refractivity contribution in [3.8, 4) is 0 Å². The summed E-state index contributed by atoms with van der Waals surface area (Å²) in [6, 6.07) is 1.97. The lowest BCUT2D eigenvalue weighted by Crippen LogP contribution is -2.09. The van der Waals surface area contributed by atoms with Crippen molar-refractivity contribution in [2.24, 2.45) is 0 Å². The second-order valence-electron chi connectivity index (χ2n) is 3.89. The maximum Gasteiger partial charge on any atom is 0.352 e. The number of carboxylic acid groups (broad SMARTS) is 1. The summed E-state index contributed by atoms with van der Waals surface area (Å²) >= 11 is 0. The molecule has 0 atom stereocenters. The van der Waals surface area contributed by atoms with E-state index in [0.29, 0.717) is 11.6 Å². The Kier molecular flexibility index (Phi) is 2.32. The predicted molar refractivity (Wildman–Crippen MR) is 53.7 cm³/mol. The third-order valence-corrected chi connectivity index (χ3v) is 2.68. The van der Waals surface area contributed by atoms with E-state index in [9.17, 15) is 4.79 Å². The molecule has 1 aromatic rings. The Hall–Kier alpha value is -1.25. The number of aromatic nitrogens is 1. The van der Waals surface area contributed by atoms with Crippen LogP contribution in [0.15, 0.2) is 12.3 Å². The van der Waals surface area contributed by atoms with Crippen LogP contribution in [-0.4, -0.2) is 15.6 Å². The van der Waals surface area contributed by atoms with Gasteiger partial charge in [0.05, 0.1) is 0 Å². The van der Waals surface area contributed by atoms with Crippen molar-refractivity contribution in [2.75, 3.05) is 0 Å². The van der Waals surface area contributed by atoms with E-state index in [1.54, 1.807) is 0 Å². The van der Waals surface area contributed by atoms with Crippen molar-refractivity contribution in [2.45, 2.75) is 38.6 Å². The van der Waals surface area contributed by atoms with Crippen LogP contribution in [-0.2, 0) is 6.54 Å². The monoisotopic (exact) mass is 193 g/mol. The van der Waals surface area contributed by atoms with Gasteiger partial charge in [0.25, 0.3) is 0 Å². The number of nitrogens with zero attached hydrogens (tertiary/aromatic N) is 1. The summed E-state index contributed by atoms with van der Waals surface area (Å²) < 4.78 is 1.86. The molecule has 0 amide bonds. The Bertz CT molecular complexity index is 350. The fourth-order valence-corrected chi connectivity index (χ4v) is 1.89. The molecule has 2 rings (SSSR count). The molecule has 0 bridgehead atoms. The van der Waals surface area contributed by atoms with Gasteiger partial charge in [-0.3, -0.25) is 0 Å².